The molecule has 1 saturated carbocycles. The van der Waals surface area contributed by atoms with E-state index in [2.05, 4.69) is 10.1 Å². The normalized spacial score (nSPS) is 41.0. The number of ether oxygens (including phenoxy) is 1. The zero-order valence-electron chi connectivity index (χ0n) is 6.67. The second-order valence-corrected chi connectivity index (χ2v) is 3.44. The lowest BCUT2D eigenvalue weighted by atomic mass is 10.0. The summed E-state index contributed by atoms with van der Waals surface area (Å²) >= 11 is 0. The van der Waals surface area contributed by atoms with Crippen LogP contribution in [0.4, 0.5) is 0 Å². The fourth-order valence-electron chi connectivity index (χ4n) is 2.25. The van der Waals surface area contributed by atoms with Crippen LogP contribution in [0.15, 0.2) is 0 Å². The molecule has 0 radical (unpaired) electrons. The lowest BCUT2D eigenvalue weighted by Crippen LogP contribution is -2.42. The Morgan fingerprint density at radius 2 is 2.36 bits per heavy atom. The highest BCUT2D eigenvalue weighted by Gasteiger charge is 2.43. The zero-order valence-corrected chi connectivity index (χ0v) is 6.67. The van der Waals surface area contributed by atoms with E-state index in [9.17, 15) is 4.79 Å². The Morgan fingerprint density at radius 3 is 2.82 bits per heavy atom. The van der Waals surface area contributed by atoms with E-state index in [1.165, 1.54) is 26.4 Å². The van der Waals surface area contributed by atoms with Gasteiger partial charge in [-0.3, -0.25) is 4.79 Å². The van der Waals surface area contributed by atoms with E-state index in [0.717, 1.165) is 0 Å². The summed E-state index contributed by atoms with van der Waals surface area (Å²) in [5, 5.41) is 3.27. The minimum absolute atomic E-state index is 0.00116. The molecule has 0 aromatic carbocycles. The number of hydrogen-bond donors (Lipinski definition) is 1. The highest BCUT2D eigenvalue weighted by molar-refractivity contribution is 5.76. The molecule has 62 valence electrons. The number of piperidine rings is 1. The molecule has 0 spiro atoms. The van der Waals surface area contributed by atoms with Gasteiger partial charge in [-0.15, -0.1) is 0 Å². The molecule has 1 heterocycles. The van der Waals surface area contributed by atoms with Crippen LogP contribution in [-0.4, -0.2) is 25.2 Å². The van der Waals surface area contributed by atoms with Gasteiger partial charge in [0.05, 0.1) is 7.11 Å². The standard InChI is InChI=1S/C8H13NO2/c1-11-8(10)7-5-2-3-6(4-5)9-7/h5-7,9H,2-4H2,1H3/t5-,6-,7+/m1/s1. The maximum absolute atomic E-state index is 11.1. The van der Waals surface area contributed by atoms with Gasteiger partial charge in [-0.25, -0.2) is 0 Å². The summed E-state index contributed by atoms with van der Waals surface area (Å²) in [5.41, 5.74) is 0. The molecule has 1 saturated heterocycles. The lowest BCUT2D eigenvalue weighted by Gasteiger charge is -2.20. The van der Waals surface area contributed by atoms with E-state index in [1.54, 1.807) is 0 Å². The van der Waals surface area contributed by atoms with Crippen molar-refractivity contribution in [3.8, 4) is 0 Å². The topological polar surface area (TPSA) is 38.3 Å². The molecule has 2 aliphatic rings. The van der Waals surface area contributed by atoms with Crippen LogP contribution in [0.5, 0.6) is 0 Å². The van der Waals surface area contributed by atoms with E-state index in [0.29, 0.717) is 12.0 Å². The highest BCUT2D eigenvalue weighted by atomic mass is 16.5. The smallest absolute Gasteiger partial charge is 0.323 e. The predicted octanol–water partition coefficient (Wildman–Crippen LogP) is 0.300. The molecule has 1 aliphatic carbocycles. The van der Waals surface area contributed by atoms with Gasteiger partial charge < -0.3 is 10.1 Å². The molecule has 2 fully saturated rings. The molecule has 1 aliphatic heterocycles. The minimum atomic E-state index is -0.0859. The molecule has 2 bridgehead atoms. The van der Waals surface area contributed by atoms with Crippen molar-refractivity contribution in [1.82, 2.24) is 5.32 Å². The first-order valence-corrected chi connectivity index (χ1v) is 4.15. The number of carbonyl (C=O) groups excluding carboxylic acids is 1. The fourth-order valence-corrected chi connectivity index (χ4v) is 2.25. The van der Waals surface area contributed by atoms with Crippen LogP contribution in [-0.2, 0) is 9.53 Å². The molecule has 0 unspecified atom stereocenters. The summed E-state index contributed by atoms with van der Waals surface area (Å²) in [5.74, 6) is 0.463. The first kappa shape index (κ1) is 7.10. The Kier molecular flexibility index (Phi) is 1.60. The third-order valence-electron chi connectivity index (χ3n) is 2.81. The summed E-state index contributed by atoms with van der Waals surface area (Å²) in [6, 6.07) is 0.586. The van der Waals surface area contributed by atoms with Gasteiger partial charge >= 0.3 is 5.97 Å². The summed E-state index contributed by atoms with van der Waals surface area (Å²) < 4.78 is 4.69. The Bertz CT molecular complexity index is 181. The largest absolute Gasteiger partial charge is 0.468 e. The molecule has 1 N–H and O–H groups in total. The molecule has 11 heavy (non-hydrogen) atoms. The maximum atomic E-state index is 11.1. The van der Waals surface area contributed by atoms with Gasteiger partial charge in [0.1, 0.15) is 6.04 Å². The summed E-state index contributed by atoms with van der Waals surface area (Å²) in [4.78, 5) is 11.1. The third kappa shape index (κ3) is 1.03. The number of hydrogen-bond acceptors (Lipinski definition) is 3. The van der Waals surface area contributed by atoms with Crippen molar-refractivity contribution in [3.63, 3.8) is 0 Å². The first-order chi connectivity index (χ1) is 5.31. The number of esters is 1. The van der Waals surface area contributed by atoms with Crippen molar-refractivity contribution >= 4 is 5.97 Å². The quantitative estimate of drug-likeness (QED) is 0.553. The SMILES string of the molecule is COC(=O)[C@H]1N[C@@H]2CC[C@@H]1C2. The molecule has 2 rings (SSSR count). The van der Waals surface area contributed by atoms with E-state index in [-0.39, 0.29) is 12.0 Å². The van der Waals surface area contributed by atoms with Crippen LogP contribution in [0.1, 0.15) is 19.3 Å². The van der Waals surface area contributed by atoms with Crippen LogP contribution >= 0.6 is 0 Å². The number of nitrogens with one attached hydrogen (secondary N) is 1. The third-order valence-corrected chi connectivity index (χ3v) is 2.81. The van der Waals surface area contributed by atoms with Crippen molar-refractivity contribution in [2.24, 2.45) is 5.92 Å². The Balaban J connectivity index is 2.02. The van der Waals surface area contributed by atoms with Crippen molar-refractivity contribution in [2.75, 3.05) is 7.11 Å². The van der Waals surface area contributed by atoms with E-state index < -0.39 is 0 Å². The molecule has 3 heteroatoms. The highest BCUT2D eigenvalue weighted by Crippen LogP contribution is 2.35. The van der Waals surface area contributed by atoms with Gasteiger partial charge in [0.25, 0.3) is 0 Å². The molecule has 3 nitrogen and oxygen atoms in total. The van der Waals surface area contributed by atoms with Crippen LogP contribution in [0, 0.1) is 5.92 Å². The van der Waals surface area contributed by atoms with Gasteiger partial charge in [-0.05, 0) is 25.2 Å². The summed E-state index contributed by atoms with van der Waals surface area (Å²) in [6.07, 6.45) is 3.59. The van der Waals surface area contributed by atoms with Gasteiger partial charge in [0, 0.05) is 6.04 Å². The van der Waals surface area contributed by atoms with Crippen LogP contribution < -0.4 is 5.32 Å². The zero-order chi connectivity index (χ0) is 7.84. The minimum Gasteiger partial charge on any atom is -0.468 e. The fraction of sp³-hybridized carbons (Fsp3) is 0.875. The van der Waals surface area contributed by atoms with Crippen molar-refractivity contribution in [1.29, 1.82) is 0 Å². The first-order valence-electron chi connectivity index (χ1n) is 4.15. The van der Waals surface area contributed by atoms with Gasteiger partial charge in [-0.1, -0.05) is 0 Å². The van der Waals surface area contributed by atoms with Crippen molar-refractivity contribution in [3.05, 3.63) is 0 Å². The van der Waals surface area contributed by atoms with Gasteiger partial charge in [0.15, 0.2) is 0 Å². The molecule has 0 aromatic rings. The summed E-state index contributed by atoms with van der Waals surface area (Å²) in [6.45, 7) is 0. The number of carbonyl (C=O) groups is 1. The van der Waals surface area contributed by atoms with Crippen LogP contribution in [0.2, 0.25) is 0 Å². The molecule has 3 atom stereocenters. The van der Waals surface area contributed by atoms with E-state index >= 15 is 0 Å². The van der Waals surface area contributed by atoms with E-state index in [1.807, 2.05) is 0 Å². The van der Waals surface area contributed by atoms with Gasteiger partial charge in [0.2, 0.25) is 0 Å². The van der Waals surface area contributed by atoms with E-state index in [4.69, 9.17) is 0 Å². The number of fused-ring (bicyclic) bond motifs is 2. The average Bonchev–Trinajstić information content (AvgIpc) is 2.62. The maximum Gasteiger partial charge on any atom is 0.323 e. The van der Waals surface area contributed by atoms with Crippen molar-refractivity contribution in [2.45, 2.75) is 31.3 Å². The Hall–Kier alpha value is -0.570. The average molecular weight is 155 g/mol. The Morgan fingerprint density at radius 1 is 1.55 bits per heavy atom. The molecule has 0 amide bonds. The summed E-state index contributed by atoms with van der Waals surface area (Å²) in [7, 11) is 1.45. The van der Waals surface area contributed by atoms with Gasteiger partial charge in [-0.2, -0.15) is 0 Å². The molecular formula is C8H13NO2. The Labute approximate surface area is 66.1 Å². The predicted molar refractivity (Wildman–Crippen MR) is 40.1 cm³/mol. The van der Waals surface area contributed by atoms with Crippen LogP contribution in [0.3, 0.4) is 0 Å². The molecule has 0 aromatic heterocycles. The second-order valence-electron chi connectivity index (χ2n) is 3.44. The lowest BCUT2D eigenvalue weighted by molar-refractivity contribution is -0.144. The second kappa shape index (κ2) is 2.48. The number of methoxy groups -OCH3 is 1. The van der Waals surface area contributed by atoms with Crippen molar-refractivity contribution < 1.29 is 9.53 Å². The number of rotatable bonds is 1. The van der Waals surface area contributed by atoms with Crippen LogP contribution in [0.25, 0.3) is 0 Å². The molecular weight excluding hydrogens is 142 g/mol. The monoisotopic (exact) mass is 155 g/mol.